The molecule has 6 heteroatoms. The summed E-state index contributed by atoms with van der Waals surface area (Å²) in [6, 6.07) is 13.5. The highest BCUT2D eigenvalue weighted by Crippen LogP contribution is 2.29. The number of nitriles is 1. The van der Waals surface area contributed by atoms with Gasteiger partial charge in [-0.3, -0.25) is 4.79 Å². The predicted molar refractivity (Wildman–Crippen MR) is 90.1 cm³/mol. The van der Waals surface area contributed by atoms with E-state index in [1.54, 1.807) is 42.5 Å². The summed E-state index contributed by atoms with van der Waals surface area (Å²) in [6.45, 7) is 0. The predicted octanol–water partition coefficient (Wildman–Crippen LogP) is 5.19. The minimum atomic E-state index is -0.577. The molecule has 2 aromatic carbocycles. The summed E-state index contributed by atoms with van der Waals surface area (Å²) in [6.07, 6.45) is 1.44. The van der Waals surface area contributed by atoms with Crippen LogP contribution in [0.3, 0.4) is 0 Å². The van der Waals surface area contributed by atoms with Crippen molar-refractivity contribution < 1.29 is 4.79 Å². The van der Waals surface area contributed by atoms with Crippen molar-refractivity contribution >= 4 is 52.5 Å². The van der Waals surface area contributed by atoms with Gasteiger partial charge in [-0.15, -0.1) is 0 Å². The van der Waals surface area contributed by atoms with Gasteiger partial charge >= 0.3 is 0 Å². The fourth-order valence-corrected chi connectivity index (χ4v) is 2.25. The van der Waals surface area contributed by atoms with Gasteiger partial charge in [-0.2, -0.15) is 5.26 Å². The second-order valence-corrected chi connectivity index (χ2v) is 5.50. The molecule has 0 aliphatic heterocycles. The lowest BCUT2D eigenvalue weighted by atomic mass is 10.1. The van der Waals surface area contributed by atoms with E-state index in [0.29, 0.717) is 21.3 Å². The van der Waals surface area contributed by atoms with Crippen LogP contribution in [-0.2, 0) is 4.79 Å². The molecular weight excluding hydrogens is 343 g/mol. The van der Waals surface area contributed by atoms with Crippen LogP contribution in [0.1, 0.15) is 5.56 Å². The minimum absolute atomic E-state index is 0.0710. The van der Waals surface area contributed by atoms with E-state index < -0.39 is 5.91 Å². The molecule has 0 radical (unpaired) electrons. The van der Waals surface area contributed by atoms with Crippen LogP contribution in [0.25, 0.3) is 6.08 Å². The Morgan fingerprint density at radius 1 is 1.14 bits per heavy atom. The Morgan fingerprint density at radius 2 is 1.86 bits per heavy atom. The quantitative estimate of drug-likeness (QED) is 0.611. The largest absolute Gasteiger partial charge is 0.320 e. The molecule has 0 fully saturated rings. The molecule has 0 heterocycles. The number of carbonyl (C=O) groups is 1. The fraction of sp³-hybridized carbons (Fsp3) is 0. The van der Waals surface area contributed by atoms with E-state index in [0.717, 1.165) is 0 Å². The molecule has 0 saturated heterocycles. The number of halogens is 3. The first kappa shape index (κ1) is 16.4. The number of carbonyl (C=O) groups excluding carboxylic acids is 1. The number of nitrogens with one attached hydrogen (secondary N) is 1. The Kier molecular flexibility index (Phi) is 5.46. The van der Waals surface area contributed by atoms with E-state index in [9.17, 15) is 4.79 Å². The summed E-state index contributed by atoms with van der Waals surface area (Å²) < 4.78 is 0. The maximum absolute atomic E-state index is 12.2. The summed E-state index contributed by atoms with van der Waals surface area (Å²) in [4.78, 5) is 12.2. The molecule has 0 aromatic heterocycles. The van der Waals surface area contributed by atoms with Gasteiger partial charge in [0.25, 0.3) is 5.91 Å². The lowest BCUT2D eigenvalue weighted by Gasteiger charge is -2.07. The lowest BCUT2D eigenvalue weighted by molar-refractivity contribution is -0.112. The van der Waals surface area contributed by atoms with Crippen LogP contribution in [0.15, 0.2) is 48.0 Å². The zero-order valence-corrected chi connectivity index (χ0v) is 13.4. The zero-order chi connectivity index (χ0) is 16.1. The summed E-state index contributed by atoms with van der Waals surface area (Å²) in [7, 11) is 0. The monoisotopic (exact) mass is 350 g/mol. The Balaban J connectivity index is 2.26. The van der Waals surface area contributed by atoms with Crippen molar-refractivity contribution in [1.82, 2.24) is 0 Å². The van der Waals surface area contributed by atoms with Crippen LogP contribution < -0.4 is 5.32 Å². The first-order valence-corrected chi connectivity index (χ1v) is 7.27. The van der Waals surface area contributed by atoms with Gasteiger partial charge in [-0.1, -0.05) is 53.0 Å². The first-order chi connectivity index (χ1) is 10.5. The Morgan fingerprint density at radius 3 is 2.55 bits per heavy atom. The standard InChI is InChI=1S/C16H9Cl3N2O/c17-12-4-1-3-10(8-12)7-11(9-20)16(22)21-14-6-2-5-13(18)15(14)19/h1-8H,(H,21,22)/b11-7+. The highest BCUT2D eigenvalue weighted by atomic mass is 35.5. The number of nitrogens with zero attached hydrogens (tertiary/aromatic N) is 1. The van der Waals surface area contributed by atoms with Gasteiger partial charge in [-0.25, -0.2) is 0 Å². The molecule has 0 aliphatic rings. The molecule has 0 unspecified atom stereocenters. The summed E-state index contributed by atoms with van der Waals surface area (Å²) in [5.74, 6) is -0.577. The molecule has 0 saturated carbocycles. The smallest absolute Gasteiger partial charge is 0.266 e. The minimum Gasteiger partial charge on any atom is -0.320 e. The van der Waals surface area contributed by atoms with Crippen LogP contribution in [0, 0.1) is 11.3 Å². The number of hydrogen-bond donors (Lipinski definition) is 1. The molecule has 2 aromatic rings. The topological polar surface area (TPSA) is 52.9 Å². The zero-order valence-electron chi connectivity index (χ0n) is 11.1. The highest BCUT2D eigenvalue weighted by molar-refractivity contribution is 6.44. The fourth-order valence-electron chi connectivity index (χ4n) is 1.70. The molecule has 0 atom stereocenters. The molecule has 1 amide bonds. The molecule has 2 rings (SSSR count). The average Bonchev–Trinajstić information content (AvgIpc) is 2.49. The summed E-state index contributed by atoms with van der Waals surface area (Å²) in [5.41, 5.74) is 0.918. The van der Waals surface area contributed by atoms with Gasteiger partial charge in [0.05, 0.1) is 15.7 Å². The van der Waals surface area contributed by atoms with Gasteiger partial charge < -0.3 is 5.32 Å². The van der Waals surface area contributed by atoms with Gasteiger partial charge in [0.1, 0.15) is 11.6 Å². The van der Waals surface area contributed by atoms with Crippen LogP contribution in [0.2, 0.25) is 15.1 Å². The maximum Gasteiger partial charge on any atom is 0.266 e. The molecular formula is C16H9Cl3N2O. The second-order valence-electron chi connectivity index (χ2n) is 4.28. The van der Waals surface area contributed by atoms with E-state index >= 15 is 0 Å². The Hall–Kier alpha value is -1.99. The second kappa shape index (κ2) is 7.33. The van der Waals surface area contributed by atoms with Crippen molar-refractivity contribution in [3.63, 3.8) is 0 Å². The van der Waals surface area contributed by atoms with Crippen molar-refractivity contribution in [2.75, 3.05) is 5.32 Å². The van der Waals surface area contributed by atoms with Crippen molar-refractivity contribution in [2.24, 2.45) is 0 Å². The van der Waals surface area contributed by atoms with E-state index in [2.05, 4.69) is 5.32 Å². The molecule has 0 aliphatic carbocycles. The number of anilines is 1. The van der Waals surface area contributed by atoms with E-state index in [1.807, 2.05) is 6.07 Å². The lowest BCUT2D eigenvalue weighted by Crippen LogP contribution is -2.13. The van der Waals surface area contributed by atoms with Crippen molar-refractivity contribution in [2.45, 2.75) is 0 Å². The normalized spacial score (nSPS) is 10.9. The first-order valence-electron chi connectivity index (χ1n) is 6.14. The van der Waals surface area contributed by atoms with Gasteiger partial charge in [-0.05, 0) is 35.9 Å². The van der Waals surface area contributed by atoms with Crippen LogP contribution >= 0.6 is 34.8 Å². The van der Waals surface area contributed by atoms with Crippen LogP contribution in [0.5, 0.6) is 0 Å². The van der Waals surface area contributed by atoms with Gasteiger partial charge in [0.2, 0.25) is 0 Å². The van der Waals surface area contributed by atoms with Gasteiger partial charge in [0, 0.05) is 5.02 Å². The SMILES string of the molecule is N#C/C(=C\c1cccc(Cl)c1)C(=O)Nc1cccc(Cl)c1Cl. The molecule has 3 nitrogen and oxygen atoms in total. The van der Waals surface area contributed by atoms with Crippen molar-refractivity contribution in [3.8, 4) is 6.07 Å². The summed E-state index contributed by atoms with van der Waals surface area (Å²) >= 11 is 17.8. The molecule has 0 bridgehead atoms. The van der Waals surface area contributed by atoms with Gasteiger partial charge in [0.15, 0.2) is 0 Å². The number of benzene rings is 2. The molecule has 0 spiro atoms. The van der Waals surface area contributed by atoms with E-state index in [4.69, 9.17) is 40.1 Å². The van der Waals surface area contributed by atoms with Crippen molar-refractivity contribution in [3.05, 3.63) is 68.7 Å². The van der Waals surface area contributed by atoms with E-state index in [1.165, 1.54) is 6.08 Å². The van der Waals surface area contributed by atoms with Crippen molar-refractivity contribution in [1.29, 1.82) is 5.26 Å². The van der Waals surface area contributed by atoms with Crippen LogP contribution in [-0.4, -0.2) is 5.91 Å². The molecule has 110 valence electrons. The van der Waals surface area contributed by atoms with Crippen LogP contribution in [0.4, 0.5) is 5.69 Å². The maximum atomic E-state index is 12.2. The number of rotatable bonds is 3. The number of amides is 1. The summed E-state index contributed by atoms with van der Waals surface area (Å²) in [5, 5.41) is 12.8. The third-order valence-corrected chi connectivity index (χ3v) is 3.78. The van der Waals surface area contributed by atoms with E-state index in [-0.39, 0.29) is 10.6 Å². The molecule has 22 heavy (non-hydrogen) atoms. The molecule has 1 N–H and O–H groups in total. The third-order valence-electron chi connectivity index (χ3n) is 2.72. The third kappa shape index (κ3) is 4.02. The highest BCUT2D eigenvalue weighted by Gasteiger charge is 2.12. The number of hydrogen-bond acceptors (Lipinski definition) is 2. The Labute approximate surface area is 142 Å². The Bertz CT molecular complexity index is 794. The average molecular weight is 352 g/mol.